The summed E-state index contributed by atoms with van der Waals surface area (Å²) in [5.41, 5.74) is 5.59. The fourth-order valence-corrected chi connectivity index (χ4v) is 0.757. The summed E-state index contributed by atoms with van der Waals surface area (Å²) >= 11 is 0. The van der Waals surface area contributed by atoms with Crippen molar-refractivity contribution in [1.82, 2.24) is 5.32 Å². The van der Waals surface area contributed by atoms with Gasteiger partial charge in [-0.05, 0) is 5.92 Å². The summed E-state index contributed by atoms with van der Waals surface area (Å²) in [5.74, 6) is -0.0883. The van der Waals surface area contributed by atoms with Crippen molar-refractivity contribution >= 4 is 18.3 Å². The average molecular weight is 206 g/mol. The van der Waals surface area contributed by atoms with E-state index in [1.165, 1.54) is 0 Å². The Balaban J connectivity index is 0. The standard InChI is InChI=1S/C8H15N3O.ClH/c1-3-6(2)7(10)8(12)11-5-4-9;/h6-7H,3,5,10H2,1-2H3,(H,11,12);1H. The molecule has 0 saturated heterocycles. The van der Waals surface area contributed by atoms with Crippen LogP contribution in [-0.4, -0.2) is 18.5 Å². The topological polar surface area (TPSA) is 78.9 Å². The van der Waals surface area contributed by atoms with Crippen LogP contribution in [0, 0.1) is 17.2 Å². The lowest BCUT2D eigenvalue weighted by Crippen LogP contribution is -2.44. The fraction of sp³-hybridized carbons (Fsp3) is 0.750. The zero-order valence-corrected chi connectivity index (χ0v) is 8.73. The van der Waals surface area contributed by atoms with E-state index in [-0.39, 0.29) is 30.8 Å². The molecule has 0 aliphatic heterocycles. The van der Waals surface area contributed by atoms with Crippen molar-refractivity contribution in [2.24, 2.45) is 11.7 Å². The molecule has 13 heavy (non-hydrogen) atoms. The van der Waals surface area contributed by atoms with Crippen molar-refractivity contribution in [3.05, 3.63) is 0 Å². The lowest BCUT2D eigenvalue weighted by atomic mass is 9.99. The molecule has 0 saturated carbocycles. The first-order chi connectivity index (χ1) is 5.63. The van der Waals surface area contributed by atoms with Crippen LogP contribution in [0.15, 0.2) is 0 Å². The first-order valence-corrected chi connectivity index (χ1v) is 4.03. The maximum absolute atomic E-state index is 11.1. The van der Waals surface area contributed by atoms with Gasteiger partial charge in [0.15, 0.2) is 0 Å². The van der Waals surface area contributed by atoms with Gasteiger partial charge >= 0.3 is 0 Å². The number of carbonyl (C=O) groups excluding carboxylic acids is 1. The molecule has 0 rings (SSSR count). The molecule has 0 radical (unpaired) electrons. The molecule has 0 aromatic heterocycles. The number of halogens is 1. The number of hydrogen-bond acceptors (Lipinski definition) is 3. The summed E-state index contributed by atoms with van der Waals surface area (Å²) in [5, 5.41) is 10.6. The van der Waals surface area contributed by atoms with E-state index >= 15 is 0 Å². The van der Waals surface area contributed by atoms with Crippen molar-refractivity contribution in [2.75, 3.05) is 6.54 Å². The molecule has 0 fully saturated rings. The first kappa shape index (κ1) is 14.7. The molecular weight excluding hydrogens is 190 g/mol. The Hall–Kier alpha value is -0.790. The Bertz CT molecular complexity index is 190. The molecule has 4 nitrogen and oxygen atoms in total. The van der Waals surface area contributed by atoms with Gasteiger partial charge in [0.2, 0.25) is 5.91 Å². The molecular formula is C8H16ClN3O. The van der Waals surface area contributed by atoms with Crippen molar-refractivity contribution < 1.29 is 4.79 Å². The van der Waals surface area contributed by atoms with Crippen LogP contribution in [0.2, 0.25) is 0 Å². The molecule has 0 spiro atoms. The highest BCUT2D eigenvalue weighted by Crippen LogP contribution is 2.04. The highest BCUT2D eigenvalue weighted by molar-refractivity contribution is 5.85. The number of nitrogens with two attached hydrogens (primary N) is 1. The van der Waals surface area contributed by atoms with Crippen LogP contribution < -0.4 is 11.1 Å². The molecule has 0 bridgehead atoms. The van der Waals surface area contributed by atoms with Crippen molar-refractivity contribution in [3.63, 3.8) is 0 Å². The number of hydrogen-bond donors (Lipinski definition) is 2. The smallest absolute Gasteiger partial charge is 0.238 e. The average Bonchev–Trinajstić information content (AvgIpc) is 2.11. The highest BCUT2D eigenvalue weighted by atomic mass is 35.5. The van der Waals surface area contributed by atoms with Crippen LogP contribution >= 0.6 is 12.4 Å². The molecule has 76 valence electrons. The fourth-order valence-electron chi connectivity index (χ4n) is 0.757. The molecule has 1 amide bonds. The van der Waals surface area contributed by atoms with E-state index in [9.17, 15) is 4.79 Å². The summed E-state index contributed by atoms with van der Waals surface area (Å²) in [6.07, 6.45) is 0.862. The second kappa shape index (κ2) is 7.84. The SMILES string of the molecule is CCC(C)C(N)C(=O)NCC#N.Cl. The van der Waals surface area contributed by atoms with E-state index in [1.54, 1.807) is 0 Å². The maximum Gasteiger partial charge on any atom is 0.238 e. The molecule has 5 heteroatoms. The quantitative estimate of drug-likeness (QED) is 0.653. The number of amides is 1. The zero-order chi connectivity index (χ0) is 9.56. The molecule has 2 unspecified atom stereocenters. The van der Waals surface area contributed by atoms with Gasteiger partial charge < -0.3 is 11.1 Å². The molecule has 0 aromatic carbocycles. The first-order valence-electron chi connectivity index (χ1n) is 4.03. The van der Waals surface area contributed by atoms with E-state index in [4.69, 9.17) is 11.0 Å². The lowest BCUT2D eigenvalue weighted by molar-refractivity contribution is -0.123. The molecule has 0 aliphatic carbocycles. The third kappa shape index (κ3) is 5.45. The van der Waals surface area contributed by atoms with Crippen LogP contribution in [0.1, 0.15) is 20.3 Å². The predicted molar refractivity (Wildman–Crippen MR) is 53.3 cm³/mol. The predicted octanol–water partition coefficient (Wildman–Crippen LogP) is 0.421. The Kier molecular flexibility index (Phi) is 8.87. The van der Waals surface area contributed by atoms with Gasteiger partial charge in [-0.25, -0.2) is 0 Å². The van der Waals surface area contributed by atoms with Gasteiger partial charge in [0, 0.05) is 0 Å². The summed E-state index contributed by atoms with van der Waals surface area (Å²) < 4.78 is 0. The van der Waals surface area contributed by atoms with Crippen LogP contribution in [0.4, 0.5) is 0 Å². The van der Waals surface area contributed by atoms with Crippen LogP contribution in [0.3, 0.4) is 0 Å². The van der Waals surface area contributed by atoms with Gasteiger partial charge in [0.25, 0.3) is 0 Å². The minimum absolute atomic E-state index is 0. The second-order valence-corrected chi connectivity index (χ2v) is 2.79. The van der Waals surface area contributed by atoms with Gasteiger partial charge in [-0.15, -0.1) is 12.4 Å². The van der Waals surface area contributed by atoms with Crippen molar-refractivity contribution in [2.45, 2.75) is 26.3 Å². The zero-order valence-electron chi connectivity index (χ0n) is 7.91. The number of nitrogens with zero attached hydrogens (tertiary/aromatic N) is 1. The largest absolute Gasteiger partial charge is 0.342 e. The Morgan fingerprint density at radius 2 is 2.23 bits per heavy atom. The monoisotopic (exact) mass is 205 g/mol. The molecule has 0 heterocycles. The third-order valence-corrected chi connectivity index (χ3v) is 1.90. The van der Waals surface area contributed by atoms with Gasteiger partial charge in [-0.3, -0.25) is 4.79 Å². The summed E-state index contributed by atoms with van der Waals surface area (Å²) in [6.45, 7) is 3.92. The number of nitriles is 1. The van der Waals surface area contributed by atoms with Gasteiger partial charge in [-0.2, -0.15) is 5.26 Å². The van der Waals surface area contributed by atoms with E-state index in [0.29, 0.717) is 0 Å². The number of rotatable bonds is 4. The Morgan fingerprint density at radius 1 is 1.69 bits per heavy atom. The normalized spacial score (nSPS) is 13.4. The van der Waals surface area contributed by atoms with Crippen molar-refractivity contribution in [3.8, 4) is 6.07 Å². The minimum atomic E-state index is -0.497. The molecule has 3 N–H and O–H groups in total. The van der Waals surface area contributed by atoms with Crippen LogP contribution in [0.5, 0.6) is 0 Å². The summed E-state index contributed by atoms with van der Waals surface area (Å²) in [6, 6.07) is 1.33. The summed E-state index contributed by atoms with van der Waals surface area (Å²) in [4.78, 5) is 11.1. The van der Waals surface area contributed by atoms with E-state index in [2.05, 4.69) is 5.32 Å². The highest BCUT2D eigenvalue weighted by Gasteiger charge is 2.18. The summed E-state index contributed by atoms with van der Waals surface area (Å²) in [7, 11) is 0. The Labute approximate surface area is 84.9 Å². The van der Waals surface area contributed by atoms with Gasteiger partial charge in [0.1, 0.15) is 6.54 Å². The second-order valence-electron chi connectivity index (χ2n) is 2.79. The van der Waals surface area contributed by atoms with Crippen LogP contribution in [-0.2, 0) is 4.79 Å². The van der Waals surface area contributed by atoms with E-state index in [1.807, 2.05) is 19.9 Å². The van der Waals surface area contributed by atoms with Gasteiger partial charge in [-0.1, -0.05) is 20.3 Å². The van der Waals surface area contributed by atoms with E-state index in [0.717, 1.165) is 6.42 Å². The van der Waals surface area contributed by atoms with Gasteiger partial charge in [0.05, 0.1) is 12.1 Å². The van der Waals surface area contributed by atoms with E-state index < -0.39 is 6.04 Å². The minimum Gasteiger partial charge on any atom is -0.342 e. The third-order valence-electron chi connectivity index (χ3n) is 1.90. The number of nitrogens with one attached hydrogen (secondary N) is 1. The lowest BCUT2D eigenvalue weighted by Gasteiger charge is -2.16. The Morgan fingerprint density at radius 3 is 2.62 bits per heavy atom. The maximum atomic E-state index is 11.1. The van der Waals surface area contributed by atoms with Crippen molar-refractivity contribution in [1.29, 1.82) is 5.26 Å². The number of carbonyl (C=O) groups is 1. The van der Waals surface area contributed by atoms with Crippen LogP contribution in [0.25, 0.3) is 0 Å². The molecule has 2 atom stereocenters. The molecule has 0 aliphatic rings. The molecule has 0 aromatic rings.